The van der Waals surface area contributed by atoms with E-state index in [1.165, 1.54) is 27.3 Å². The van der Waals surface area contributed by atoms with Gasteiger partial charge in [0.2, 0.25) is 17.7 Å². The third-order valence-corrected chi connectivity index (χ3v) is 11.7. The van der Waals surface area contributed by atoms with E-state index in [9.17, 15) is 37.5 Å². The Labute approximate surface area is 295 Å². The molecule has 0 bridgehead atoms. The van der Waals surface area contributed by atoms with Gasteiger partial charge in [0.05, 0.1) is 30.7 Å². The van der Waals surface area contributed by atoms with Gasteiger partial charge in [-0.2, -0.15) is 8.42 Å². The molecular formula is C34H34FN7O9S. The van der Waals surface area contributed by atoms with Gasteiger partial charge in [-0.3, -0.25) is 38.5 Å². The SMILES string of the molecule is Cn1c(=O)n(C2CCC(=O)NC2=O)c2ccc([C@H]3CCN(CC(=O)N4CC(Oc5ccc6cc(O)c(N7CC(=O)NS7(=O)=O)c(F)c6c5)C4)C3)cc21. The van der Waals surface area contributed by atoms with Crippen molar-refractivity contribution in [3.05, 3.63) is 64.3 Å². The van der Waals surface area contributed by atoms with E-state index < -0.39 is 51.9 Å². The molecule has 8 rings (SSSR count). The fourth-order valence-electron chi connectivity index (χ4n) is 7.58. The van der Waals surface area contributed by atoms with Gasteiger partial charge in [-0.05, 0) is 66.6 Å². The van der Waals surface area contributed by atoms with Gasteiger partial charge in [0.15, 0.2) is 5.82 Å². The first kappa shape index (κ1) is 33.6. The number of aromatic nitrogens is 2. The lowest BCUT2D eigenvalue weighted by molar-refractivity contribution is -0.141. The highest BCUT2D eigenvalue weighted by atomic mass is 32.2. The van der Waals surface area contributed by atoms with Crippen LogP contribution >= 0.6 is 0 Å². The number of carbonyl (C=O) groups excluding carboxylic acids is 4. The molecule has 1 aromatic heterocycles. The number of phenols is 1. The smallest absolute Gasteiger partial charge is 0.329 e. The molecule has 272 valence electrons. The first-order valence-electron chi connectivity index (χ1n) is 16.8. The Morgan fingerprint density at radius 3 is 2.52 bits per heavy atom. The number of piperidine rings is 1. The van der Waals surface area contributed by atoms with Crippen LogP contribution in [0.1, 0.15) is 36.8 Å². The molecule has 2 atom stereocenters. The summed E-state index contributed by atoms with van der Waals surface area (Å²) in [6, 6.07) is 10.7. The fraction of sp³-hybridized carbons (Fsp3) is 0.382. The monoisotopic (exact) mass is 735 g/mol. The molecule has 3 aromatic carbocycles. The third kappa shape index (κ3) is 5.71. The second kappa shape index (κ2) is 12.3. The van der Waals surface area contributed by atoms with Crippen molar-refractivity contribution >= 4 is 61.3 Å². The number of aromatic hydroxyl groups is 1. The Bertz CT molecular complexity index is 2390. The summed E-state index contributed by atoms with van der Waals surface area (Å²) in [6.45, 7) is 1.56. The molecular weight excluding hydrogens is 701 g/mol. The van der Waals surface area contributed by atoms with E-state index in [4.69, 9.17) is 4.74 Å². The number of aryl methyl sites for hydroxylation is 1. The maximum absolute atomic E-state index is 15.6. The topological polar surface area (TPSA) is 193 Å². The molecule has 4 aliphatic rings. The van der Waals surface area contributed by atoms with Crippen LogP contribution in [0.4, 0.5) is 10.1 Å². The summed E-state index contributed by atoms with van der Waals surface area (Å²) < 4.78 is 51.4. The van der Waals surface area contributed by atoms with Gasteiger partial charge in [-0.1, -0.05) is 12.1 Å². The van der Waals surface area contributed by atoms with Crippen molar-refractivity contribution < 1.29 is 41.8 Å². The van der Waals surface area contributed by atoms with E-state index in [-0.39, 0.29) is 54.3 Å². The highest BCUT2D eigenvalue weighted by Crippen LogP contribution is 2.40. The molecule has 4 aromatic rings. The van der Waals surface area contributed by atoms with Crippen LogP contribution in [-0.4, -0.2) is 101 Å². The number of phenolic OH excluding ortho intramolecular Hbond substituents is 1. The van der Waals surface area contributed by atoms with E-state index in [1.807, 2.05) is 18.2 Å². The Morgan fingerprint density at radius 1 is 1.00 bits per heavy atom. The number of imide groups is 1. The summed E-state index contributed by atoms with van der Waals surface area (Å²) in [7, 11) is -2.69. The predicted molar refractivity (Wildman–Crippen MR) is 183 cm³/mol. The molecule has 16 nitrogen and oxygen atoms in total. The fourth-order valence-corrected chi connectivity index (χ4v) is 8.74. The van der Waals surface area contributed by atoms with Crippen LogP contribution in [-0.2, 0) is 36.4 Å². The number of anilines is 1. The summed E-state index contributed by atoms with van der Waals surface area (Å²) in [5, 5.41) is 13.0. The van der Waals surface area contributed by atoms with E-state index in [2.05, 4.69) is 10.2 Å². The number of carbonyl (C=O) groups is 4. The van der Waals surface area contributed by atoms with Crippen LogP contribution in [0.15, 0.2) is 47.3 Å². The van der Waals surface area contributed by atoms with Crippen LogP contribution in [0.3, 0.4) is 0 Å². The average molecular weight is 736 g/mol. The first-order valence-corrected chi connectivity index (χ1v) is 18.2. The Hall–Kier alpha value is -5.49. The lowest BCUT2D eigenvalue weighted by Crippen LogP contribution is -2.58. The molecule has 0 radical (unpaired) electrons. The summed E-state index contributed by atoms with van der Waals surface area (Å²) in [5.41, 5.74) is 1.37. The number of hydrogen-bond acceptors (Lipinski definition) is 10. The largest absolute Gasteiger partial charge is 0.506 e. The number of likely N-dealkylation sites (tertiary alicyclic amines) is 2. The van der Waals surface area contributed by atoms with Gasteiger partial charge in [-0.25, -0.2) is 18.2 Å². The molecule has 52 heavy (non-hydrogen) atoms. The number of nitrogens with zero attached hydrogens (tertiary/aromatic N) is 5. The third-order valence-electron chi connectivity index (χ3n) is 10.3. The minimum Gasteiger partial charge on any atom is -0.506 e. The van der Waals surface area contributed by atoms with Crippen molar-refractivity contribution in [2.45, 2.75) is 37.3 Å². The number of fused-ring (bicyclic) bond motifs is 2. The highest BCUT2D eigenvalue weighted by Gasteiger charge is 2.39. The maximum Gasteiger partial charge on any atom is 0.329 e. The van der Waals surface area contributed by atoms with Crippen LogP contribution in [0.5, 0.6) is 11.5 Å². The standard InChI is InChI=1S/C34H34FN7O9S/c1-38-26-10-18(3-5-24(26)42(34(38)48)25-6-7-28(44)36-33(25)47)20-8-9-39(13-20)17-30(46)40-14-22(15-40)51-21-4-2-19-11-27(43)32(31(35)23(19)12-21)41-16-29(45)37-52(41,49)50/h2-5,10-12,20,22,25,43H,6-9,13-17H2,1H3,(H,37,45)(H,36,44,47)/t20-,25?/m0/s1. The zero-order chi connectivity index (χ0) is 36.6. The summed E-state index contributed by atoms with van der Waals surface area (Å²) >= 11 is 0. The summed E-state index contributed by atoms with van der Waals surface area (Å²) in [6.07, 6.45) is 0.896. The quantitative estimate of drug-likeness (QED) is 0.226. The minimum absolute atomic E-state index is 0.0102. The number of halogens is 1. The van der Waals surface area contributed by atoms with Crippen molar-refractivity contribution in [3.63, 3.8) is 0 Å². The predicted octanol–water partition coefficient (Wildman–Crippen LogP) is 0.576. The molecule has 4 aliphatic heterocycles. The zero-order valence-electron chi connectivity index (χ0n) is 27.9. The van der Waals surface area contributed by atoms with Gasteiger partial charge < -0.3 is 14.7 Å². The van der Waals surface area contributed by atoms with Gasteiger partial charge >= 0.3 is 15.9 Å². The van der Waals surface area contributed by atoms with Crippen molar-refractivity contribution in [2.75, 3.05) is 43.6 Å². The van der Waals surface area contributed by atoms with E-state index in [1.54, 1.807) is 22.7 Å². The van der Waals surface area contributed by atoms with Gasteiger partial charge in [0.25, 0.3) is 5.91 Å². The van der Waals surface area contributed by atoms with Crippen molar-refractivity contribution in [1.29, 1.82) is 0 Å². The van der Waals surface area contributed by atoms with Crippen molar-refractivity contribution in [2.24, 2.45) is 7.05 Å². The number of benzene rings is 3. The molecule has 4 saturated heterocycles. The summed E-state index contributed by atoms with van der Waals surface area (Å²) in [4.78, 5) is 65.9. The zero-order valence-corrected chi connectivity index (χ0v) is 28.7. The van der Waals surface area contributed by atoms with E-state index >= 15 is 4.39 Å². The van der Waals surface area contributed by atoms with Crippen molar-refractivity contribution in [3.8, 4) is 11.5 Å². The minimum atomic E-state index is -4.35. The van der Waals surface area contributed by atoms with Gasteiger partial charge in [0.1, 0.15) is 35.9 Å². The molecule has 4 amide bonds. The number of imidazole rings is 1. The average Bonchev–Trinajstić information content (AvgIpc) is 3.72. The van der Waals surface area contributed by atoms with Crippen LogP contribution in [0.2, 0.25) is 0 Å². The van der Waals surface area contributed by atoms with E-state index in [0.717, 1.165) is 12.0 Å². The normalized spacial score (nSPS) is 22.2. The van der Waals surface area contributed by atoms with Gasteiger partial charge in [-0.15, -0.1) is 0 Å². The molecule has 4 fully saturated rings. The Kier molecular flexibility index (Phi) is 7.98. The molecule has 3 N–H and O–H groups in total. The lowest BCUT2D eigenvalue weighted by atomic mass is 9.98. The first-order chi connectivity index (χ1) is 24.8. The molecule has 5 heterocycles. The van der Waals surface area contributed by atoms with Crippen LogP contribution < -0.4 is 24.8 Å². The molecule has 0 saturated carbocycles. The molecule has 1 unspecified atom stereocenters. The van der Waals surface area contributed by atoms with Crippen molar-refractivity contribution in [1.82, 2.24) is 29.0 Å². The maximum atomic E-state index is 15.6. The highest BCUT2D eigenvalue weighted by molar-refractivity contribution is 7.92. The lowest BCUT2D eigenvalue weighted by Gasteiger charge is -2.39. The number of ether oxygens (including phenoxy) is 1. The number of rotatable bonds is 7. The van der Waals surface area contributed by atoms with Crippen LogP contribution in [0, 0.1) is 5.82 Å². The summed E-state index contributed by atoms with van der Waals surface area (Å²) in [5.74, 6) is -2.96. The van der Waals surface area contributed by atoms with Crippen LogP contribution in [0.25, 0.3) is 21.8 Å². The second-order valence-corrected chi connectivity index (χ2v) is 15.3. The number of hydrogen-bond donors (Lipinski definition) is 3. The number of nitrogens with one attached hydrogen (secondary N) is 2. The second-order valence-electron chi connectivity index (χ2n) is 13.7. The number of amides is 4. The molecule has 18 heteroatoms. The Morgan fingerprint density at radius 2 is 1.79 bits per heavy atom. The van der Waals surface area contributed by atoms with Gasteiger partial charge in [0, 0.05) is 25.4 Å². The molecule has 0 spiro atoms. The van der Waals surface area contributed by atoms with E-state index in [0.29, 0.717) is 52.7 Å². The Balaban J connectivity index is 0.883. The molecule has 0 aliphatic carbocycles.